The van der Waals surface area contributed by atoms with Crippen molar-refractivity contribution >= 4 is 19.7 Å². The van der Waals surface area contributed by atoms with Crippen molar-refractivity contribution in [1.29, 1.82) is 0 Å². The fraction of sp³-hybridized carbons (Fsp3) is 0.385. The molecule has 0 radical (unpaired) electrons. The van der Waals surface area contributed by atoms with E-state index in [1.54, 1.807) is 0 Å². The number of halogens is 1. The van der Waals surface area contributed by atoms with E-state index in [2.05, 4.69) is 10.2 Å². The van der Waals surface area contributed by atoms with E-state index < -0.39 is 15.2 Å². The van der Waals surface area contributed by atoms with Gasteiger partial charge in [-0.1, -0.05) is 30.3 Å². The van der Waals surface area contributed by atoms with E-state index in [0.717, 1.165) is 5.56 Å². The van der Waals surface area contributed by atoms with Gasteiger partial charge in [0.15, 0.2) is 5.82 Å². The highest BCUT2D eigenvalue weighted by Gasteiger charge is 2.29. The van der Waals surface area contributed by atoms with Gasteiger partial charge in [-0.05, 0) is 19.4 Å². The highest BCUT2D eigenvalue weighted by Crippen LogP contribution is 2.28. The highest BCUT2D eigenvalue weighted by molar-refractivity contribution is 8.13. The minimum atomic E-state index is -3.98. The monoisotopic (exact) mass is 329 g/mol. The largest absolute Gasteiger partial charge is 0.369 e. The van der Waals surface area contributed by atoms with Gasteiger partial charge in [0.2, 0.25) is 0 Å². The Morgan fingerprint density at radius 2 is 1.81 bits per heavy atom. The van der Waals surface area contributed by atoms with Gasteiger partial charge in [0.05, 0.1) is 0 Å². The van der Waals surface area contributed by atoms with E-state index in [-0.39, 0.29) is 11.2 Å². The lowest BCUT2D eigenvalue weighted by molar-refractivity contribution is 0.123. The maximum Gasteiger partial charge on any atom is 0.296 e. The molecule has 1 aromatic carbocycles. The molecule has 6 nitrogen and oxygen atoms in total. The van der Waals surface area contributed by atoms with Crippen molar-refractivity contribution in [2.45, 2.75) is 31.1 Å². The lowest BCUT2D eigenvalue weighted by atomic mass is 10.1. The molecule has 0 amide bonds. The van der Waals surface area contributed by atoms with Crippen LogP contribution in [0.15, 0.2) is 35.5 Å². The lowest BCUT2D eigenvalue weighted by Gasteiger charge is -2.19. The van der Waals surface area contributed by atoms with Crippen LogP contribution in [0.25, 0.3) is 0 Å². The van der Waals surface area contributed by atoms with Crippen molar-refractivity contribution in [2.24, 2.45) is 0 Å². The van der Waals surface area contributed by atoms with Crippen LogP contribution in [-0.4, -0.2) is 30.3 Å². The normalized spacial score (nSPS) is 13.6. The first-order valence-corrected chi connectivity index (χ1v) is 8.64. The summed E-state index contributed by atoms with van der Waals surface area (Å²) >= 11 is 0. The van der Waals surface area contributed by atoms with Gasteiger partial charge in [-0.25, -0.2) is 8.42 Å². The number of nitrogens with zero attached hydrogens (tertiary/aromatic N) is 3. The van der Waals surface area contributed by atoms with E-state index in [9.17, 15) is 8.42 Å². The minimum Gasteiger partial charge on any atom is -0.369 e. The number of hydrogen-bond donors (Lipinski definition) is 0. The number of benzene rings is 1. The maximum atomic E-state index is 11.6. The third kappa shape index (κ3) is 3.25. The van der Waals surface area contributed by atoms with Crippen molar-refractivity contribution in [3.8, 4) is 0 Å². The molecule has 1 atom stereocenters. The van der Waals surface area contributed by atoms with Crippen LogP contribution in [0.3, 0.4) is 0 Å². The van der Waals surface area contributed by atoms with Crippen molar-refractivity contribution < 1.29 is 13.2 Å². The van der Waals surface area contributed by atoms with E-state index in [1.807, 2.05) is 44.2 Å². The Balaban J connectivity index is 2.61. The summed E-state index contributed by atoms with van der Waals surface area (Å²) in [6.07, 6.45) is -0.520. The summed E-state index contributed by atoms with van der Waals surface area (Å²) in [5, 5.41) is 7.42. The van der Waals surface area contributed by atoms with Gasteiger partial charge in [-0.15, -0.1) is 10.2 Å². The van der Waals surface area contributed by atoms with Crippen LogP contribution >= 0.6 is 10.7 Å². The predicted octanol–water partition coefficient (Wildman–Crippen LogP) is 2.52. The molecule has 0 N–H and O–H groups in total. The fourth-order valence-corrected chi connectivity index (χ4v) is 3.13. The number of aromatic nitrogens is 3. The first-order valence-electron chi connectivity index (χ1n) is 6.33. The summed E-state index contributed by atoms with van der Waals surface area (Å²) in [4.78, 5) is 0. The molecule has 2 rings (SSSR count). The predicted molar refractivity (Wildman–Crippen MR) is 78.7 cm³/mol. The first-order chi connectivity index (χ1) is 9.86. The van der Waals surface area contributed by atoms with Gasteiger partial charge >= 0.3 is 0 Å². The van der Waals surface area contributed by atoms with Crippen molar-refractivity contribution in [1.82, 2.24) is 14.8 Å². The molecular weight excluding hydrogens is 314 g/mol. The lowest BCUT2D eigenvalue weighted by Crippen LogP contribution is -2.16. The minimum absolute atomic E-state index is 0.181. The zero-order chi connectivity index (χ0) is 15.6. The second-order valence-corrected chi connectivity index (χ2v) is 7.23. The second-order valence-electron chi connectivity index (χ2n) is 4.77. The van der Waals surface area contributed by atoms with Crippen LogP contribution in [0.4, 0.5) is 0 Å². The summed E-state index contributed by atoms with van der Waals surface area (Å²) in [5.41, 5.74) is 0.854. The molecule has 0 fully saturated rings. The van der Waals surface area contributed by atoms with Crippen LogP contribution in [-0.2, 0) is 13.8 Å². The molecule has 1 heterocycles. The molecule has 0 saturated carbocycles. The quantitative estimate of drug-likeness (QED) is 0.788. The average Bonchev–Trinajstić information content (AvgIpc) is 2.86. The van der Waals surface area contributed by atoms with Crippen LogP contribution in [0.2, 0.25) is 0 Å². The number of methoxy groups -OCH3 is 1. The van der Waals surface area contributed by atoms with Crippen LogP contribution in [0.5, 0.6) is 0 Å². The van der Waals surface area contributed by atoms with Gasteiger partial charge in [-0.2, -0.15) is 0 Å². The van der Waals surface area contributed by atoms with Crippen molar-refractivity contribution in [3.05, 3.63) is 41.7 Å². The Bertz CT molecular complexity index is 714. The topological polar surface area (TPSA) is 74.1 Å². The highest BCUT2D eigenvalue weighted by atomic mass is 35.7. The van der Waals surface area contributed by atoms with Gasteiger partial charge in [0, 0.05) is 23.8 Å². The SMILES string of the molecule is COC(c1ccccc1)c1nnc(S(=O)(=O)Cl)n1C(C)C. The number of ether oxygens (including phenoxy) is 1. The Morgan fingerprint density at radius 1 is 1.19 bits per heavy atom. The van der Waals surface area contributed by atoms with Crippen molar-refractivity contribution in [2.75, 3.05) is 7.11 Å². The molecule has 0 aliphatic rings. The van der Waals surface area contributed by atoms with Crippen molar-refractivity contribution in [3.63, 3.8) is 0 Å². The second kappa shape index (κ2) is 6.13. The summed E-state index contributed by atoms with van der Waals surface area (Å²) in [6, 6.07) is 9.20. The average molecular weight is 330 g/mol. The molecule has 21 heavy (non-hydrogen) atoms. The molecule has 2 aromatic rings. The molecule has 0 aliphatic carbocycles. The molecule has 0 spiro atoms. The van der Waals surface area contributed by atoms with Gasteiger partial charge in [-0.3, -0.25) is 4.57 Å². The molecule has 0 aliphatic heterocycles. The maximum absolute atomic E-state index is 11.6. The fourth-order valence-electron chi connectivity index (χ4n) is 2.14. The van der Waals surface area contributed by atoms with Gasteiger partial charge in [0.25, 0.3) is 14.2 Å². The Morgan fingerprint density at radius 3 is 2.29 bits per heavy atom. The zero-order valence-corrected chi connectivity index (χ0v) is 13.5. The van der Waals surface area contributed by atoms with E-state index in [1.165, 1.54) is 11.7 Å². The number of rotatable bonds is 5. The van der Waals surface area contributed by atoms with Crippen LogP contribution in [0, 0.1) is 0 Å². The molecule has 0 bridgehead atoms. The summed E-state index contributed by atoms with van der Waals surface area (Å²) in [6.45, 7) is 3.66. The summed E-state index contributed by atoms with van der Waals surface area (Å²) < 4.78 is 30.2. The van der Waals surface area contributed by atoms with Crippen LogP contribution < -0.4 is 0 Å². The molecular formula is C13H16ClN3O3S. The van der Waals surface area contributed by atoms with E-state index in [0.29, 0.717) is 5.82 Å². The summed E-state index contributed by atoms with van der Waals surface area (Å²) in [7, 11) is 2.98. The molecule has 114 valence electrons. The van der Waals surface area contributed by atoms with E-state index >= 15 is 0 Å². The first kappa shape index (κ1) is 15.9. The standard InChI is InChI=1S/C13H16ClN3O3S/c1-9(2)17-12(15-16-13(17)21(14,18)19)11(20-3)10-7-5-4-6-8-10/h4-9,11H,1-3H3. The zero-order valence-electron chi connectivity index (χ0n) is 11.9. The van der Waals surface area contributed by atoms with Gasteiger partial charge in [0.1, 0.15) is 6.10 Å². The molecule has 8 heteroatoms. The summed E-state index contributed by atoms with van der Waals surface area (Å²) in [5.74, 6) is 0.401. The Labute approximate surface area is 128 Å². The van der Waals surface area contributed by atoms with E-state index in [4.69, 9.17) is 15.4 Å². The molecule has 1 unspecified atom stereocenters. The number of hydrogen-bond acceptors (Lipinski definition) is 5. The third-order valence-corrected chi connectivity index (χ3v) is 4.13. The Kier molecular flexibility index (Phi) is 4.65. The molecule has 0 saturated heterocycles. The molecule has 1 aromatic heterocycles. The smallest absolute Gasteiger partial charge is 0.296 e. The Hall–Kier alpha value is -1.44. The third-order valence-electron chi connectivity index (χ3n) is 3.00. The van der Waals surface area contributed by atoms with Crippen LogP contribution in [0.1, 0.15) is 37.4 Å². The van der Waals surface area contributed by atoms with Gasteiger partial charge < -0.3 is 4.74 Å².